The molecule has 0 aromatic heterocycles. The number of ether oxygens (including phenoxy) is 1. The van der Waals surface area contributed by atoms with Crippen LogP contribution in [0.15, 0.2) is 53.4 Å². The SMILES string of the molecule is NS(=O)(=O)c1cc([N+](=O)[O-])ccc1NCC(O)COc1ccccc1. The first-order chi connectivity index (χ1) is 11.8. The Kier molecular flexibility index (Phi) is 5.91. The zero-order valence-electron chi connectivity index (χ0n) is 13.0. The van der Waals surface area contributed by atoms with E-state index in [0.29, 0.717) is 5.75 Å². The fourth-order valence-corrected chi connectivity index (χ4v) is 2.73. The van der Waals surface area contributed by atoms with Gasteiger partial charge in [-0.25, -0.2) is 13.6 Å². The second-order valence-electron chi connectivity index (χ2n) is 5.14. The molecule has 0 heterocycles. The molecule has 4 N–H and O–H groups in total. The molecular weight excluding hydrogens is 350 g/mol. The van der Waals surface area contributed by atoms with Crippen LogP contribution in [0, 0.1) is 10.1 Å². The lowest BCUT2D eigenvalue weighted by Gasteiger charge is -2.15. The van der Waals surface area contributed by atoms with Crippen LogP contribution in [0.25, 0.3) is 0 Å². The molecule has 0 radical (unpaired) electrons. The first-order valence-electron chi connectivity index (χ1n) is 7.18. The van der Waals surface area contributed by atoms with Crippen LogP contribution < -0.4 is 15.2 Å². The van der Waals surface area contributed by atoms with Gasteiger partial charge in [-0.15, -0.1) is 0 Å². The van der Waals surface area contributed by atoms with E-state index in [2.05, 4.69) is 5.32 Å². The van der Waals surface area contributed by atoms with Gasteiger partial charge in [0.25, 0.3) is 5.69 Å². The van der Waals surface area contributed by atoms with Gasteiger partial charge < -0.3 is 15.2 Å². The molecule has 0 aliphatic rings. The number of hydrogen-bond acceptors (Lipinski definition) is 7. The minimum absolute atomic E-state index is 0.0191. The van der Waals surface area contributed by atoms with Crippen molar-refractivity contribution >= 4 is 21.4 Å². The highest BCUT2D eigenvalue weighted by molar-refractivity contribution is 7.89. The molecule has 0 saturated heterocycles. The van der Waals surface area contributed by atoms with Crippen LogP contribution in [-0.2, 0) is 10.0 Å². The van der Waals surface area contributed by atoms with E-state index in [1.165, 1.54) is 6.07 Å². The second-order valence-corrected chi connectivity index (χ2v) is 6.67. The number of nitrogens with zero attached hydrogens (tertiary/aromatic N) is 1. The van der Waals surface area contributed by atoms with Crippen LogP contribution in [0.4, 0.5) is 11.4 Å². The monoisotopic (exact) mass is 367 g/mol. The average molecular weight is 367 g/mol. The zero-order chi connectivity index (χ0) is 18.4. The maximum atomic E-state index is 11.6. The third-order valence-corrected chi connectivity index (χ3v) is 4.15. The highest BCUT2D eigenvalue weighted by Crippen LogP contribution is 2.25. The fourth-order valence-electron chi connectivity index (χ4n) is 2.00. The van der Waals surface area contributed by atoms with Crippen LogP contribution in [0.5, 0.6) is 5.75 Å². The normalized spacial score (nSPS) is 12.4. The van der Waals surface area contributed by atoms with Crippen LogP contribution in [0.3, 0.4) is 0 Å². The number of nitrogens with one attached hydrogen (secondary N) is 1. The third-order valence-electron chi connectivity index (χ3n) is 3.20. The smallest absolute Gasteiger partial charge is 0.270 e. The highest BCUT2D eigenvalue weighted by Gasteiger charge is 2.19. The number of para-hydroxylation sites is 1. The summed E-state index contributed by atoms with van der Waals surface area (Å²) in [6, 6.07) is 12.1. The Morgan fingerprint density at radius 2 is 1.92 bits per heavy atom. The number of sulfonamides is 1. The Morgan fingerprint density at radius 1 is 1.24 bits per heavy atom. The minimum Gasteiger partial charge on any atom is -0.491 e. The van der Waals surface area contributed by atoms with E-state index in [4.69, 9.17) is 9.88 Å². The summed E-state index contributed by atoms with van der Waals surface area (Å²) in [6.45, 7) is -0.0537. The van der Waals surface area contributed by atoms with Crippen molar-refractivity contribution in [1.29, 1.82) is 0 Å². The van der Waals surface area contributed by atoms with Gasteiger partial charge in [0, 0.05) is 18.7 Å². The number of primary sulfonamides is 1. The maximum Gasteiger partial charge on any atom is 0.270 e. The van der Waals surface area contributed by atoms with E-state index in [-0.39, 0.29) is 18.8 Å². The van der Waals surface area contributed by atoms with E-state index in [1.54, 1.807) is 24.3 Å². The van der Waals surface area contributed by atoms with Gasteiger partial charge in [0.15, 0.2) is 0 Å². The number of aliphatic hydroxyl groups is 1. The van der Waals surface area contributed by atoms with E-state index >= 15 is 0 Å². The Morgan fingerprint density at radius 3 is 2.52 bits per heavy atom. The van der Waals surface area contributed by atoms with E-state index in [1.807, 2.05) is 6.07 Å². The molecule has 0 fully saturated rings. The molecule has 10 heteroatoms. The number of aliphatic hydroxyl groups excluding tert-OH is 1. The predicted molar refractivity (Wildman–Crippen MR) is 90.9 cm³/mol. The number of non-ortho nitro benzene ring substituents is 1. The van der Waals surface area contributed by atoms with Gasteiger partial charge in [0.1, 0.15) is 23.4 Å². The topological polar surface area (TPSA) is 145 Å². The van der Waals surface area contributed by atoms with E-state index < -0.39 is 31.6 Å². The molecule has 1 atom stereocenters. The number of nitro groups is 1. The van der Waals surface area contributed by atoms with Crippen molar-refractivity contribution in [2.24, 2.45) is 5.14 Å². The number of nitro benzene ring substituents is 1. The summed E-state index contributed by atoms with van der Waals surface area (Å²) in [5.74, 6) is 0.585. The van der Waals surface area contributed by atoms with Crippen LogP contribution >= 0.6 is 0 Å². The molecule has 25 heavy (non-hydrogen) atoms. The van der Waals surface area contributed by atoms with Gasteiger partial charge in [-0.3, -0.25) is 10.1 Å². The first kappa shape index (κ1) is 18.6. The number of nitrogens with two attached hydrogens (primary N) is 1. The second kappa shape index (κ2) is 7.92. The van der Waals surface area contributed by atoms with Crippen molar-refractivity contribution < 1.29 is 23.2 Å². The molecule has 0 aliphatic heterocycles. The molecule has 1 unspecified atom stereocenters. The van der Waals surface area contributed by atoms with Crippen LogP contribution in [0.2, 0.25) is 0 Å². The molecule has 134 valence electrons. The van der Waals surface area contributed by atoms with Crippen LogP contribution in [-0.4, -0.2) is 37.7 Å². The molecule has 0 saturated carbocycles. The lowest BCUT2D eigenvalue weighted by Crippen LogP contribution is -2.27. The van der Waals surface area contributed by atoms with Gasteiger partial charge in [-0.2, -0.15) is 0 Å². The Bertz CT molecular complexity index is 842. The average Bonchev–Trinajstić information content (AvgIpc) is 2.58. The predicted octanol–water partition coefficient (Wildman–Crippen LogP) is 1.09. The summed E-state index contributed by atoms with van der Waals surface area (Å²) in [5, 5.41) is 28.5. The van der Waals surface area contributed by atoms with Crippen molar-refractivity contribution in [2.75, 3.05) is 18.5 Å². The number of hydrogen-bond donors (Lipinski definition) is 3. The lowest BCUT2D eigenvalue weighted by molar-refractivity contribution is -0.385. The van der Waals surface area contributed by atoms with Gasteiger partial charge in [0.2, 0.25) is 10.0 Å². The van der Waals surface area contributed by atoms with E-state index in [0.717, 1.165) is 12.1 Å². The Hall–Kier alpha value is -2.69. The molecular formula is C15H17N3O6S. The largest absolute Gasteiger partial charge is 0.491 e. The molecule has 0 amide bonds. The van der Waals surface area contributed by atoms with Crippen molar-refractivity contribution in [1.82, 2.24) is 0 Å². The fraction of sp³-hybridized carbons (Fsp3) is 0.200. The quantitative estimate of drug-likeness (QED) is 0.468. The summed E-state index contributed by atoms with van der Waals surface area (Å²) in [4.78, 5) is 9.63. The number of rotatable bonds is 8. The first-order valence-corrected chi connectivity index (χ1v) is 8.73. The van der Waals surface area contributed by atoms with Crippen molar-refractivity contribution in [3.05, 3.63) is 58.6 Å². The molecule has 0 spiro atoms. The number of benzene rings is 2. The summed E-state index contributed by atoms with van der Waals surface area (Å²) < 4.78 is 28.6. The molecule has 9 nitrogen and oxygen atoms in total. The minimum atomic E-state index is -4.17. The maximum absolute atomic E-state index is 11.6. The van der Waals surface area contributed by atoms with E-state index in [9.17, 15) is 23.6 Å². The lowest BCUT2D eigenvalue weighted by atomic mass is 10.2. The van der Waals surface area contributed by atoms with Gasteiger partial charge in [0.05, 0.1) is 10.6 Å². The van der Waals surface area contributed by atoms with Crippen molar-refractivity contribution in [2.45, 2.75) is 11.0 Å². The molecule has 2 aromatic carbocycles. The zero-order valence-corrected chi connectivity index (χ0v) is 13.8. The molecule has 2 rings (SSSR count). The summed E-state index contributed by atoms with van der Waals surface area (Å²) in [5.41, 5.74) is -0.339. The summed E-state index contributed by atoms with van der Waals surface area (Å²) >= 11 is 0. The Labute approximate surface area is 144 Å². The van der Waals surface area contributed by atoms with Crippen molar-refractivity contribution in [3.63, 3.8) is 0 Å². The molecule has 0 aliphatic carbocycles. The van der Waals surface area contributed by atoms with Gasteiger partial charge in [-0.05, 0) is 18.2 Å². The summed E-state index contributed by atoms with van der Waals surface area (Å²) in [6.07, 6.45) is -0.941. The van der Waals surface area contributed by atoms with Crippen molar-refractivity contribution in [3.8, 4) is 5.75 Å². The van der Waals surface area contributed by atoms with Gasteiger partial charge in [-0.1, -0.05) is 18.2 Å². The number of anilines is 1. The summed E-state index contributed by atoms with van der Waals surface area (Å²) in [7, 11) is -4.17. The molecule has 2 aromatic rings. The van der Waals surface area contributed by atoms with Gasteiger partial charge >= 0.3 is 0 Å². The molecule has 0 bridgehead atoms. The third kappa shape index (κ3) is 5.41. The Balaban J connectivity index is 2.03. The standard InChI is InChI=1S/C15H17N3O6S/c16-25(22,23)15-8-11(18(20)21)6-7-14(15)17-9-12(19)10-24-13-4-2-1-3-5-13/h1-8,12,17,19H,9-10H2,(H2,16,22,23). The van der Waals surface area contributed by atoms with Crippen LogP contribution in [0.1, 0.15) is 0 Å². The highest BCUT2D eigenvalue weighted by atomic mass is 32.2.